The van der Waals surface area contributed by atoms with Crippen LogP contribution in [0.25, 0.3) is 0 Å². The minimum Gasteiger partial charge on any atom is -0.341 e. The number of amides is 1. The number of likely N-dealkylation sites (tertiary alicyclic amines) is 1. The summed E-state index contributed by atoms with van der Waals surface area (Å²) in [4.78, 5) is 16.5. The van der Waals surface area contributed by atoms with E-state index in [-0.39, 0.29) is 26.9 Å². The van der Waals surface area contributed by atoms with E-state index in [2.05, 4.69) is 0 Å². The number of halogens is 2. The lowest BCUT2D eigenvalue weighted by Gasteiger charge is -2.38. The molecule has 0 N–H and O–H groups in total. The van der Waals surface area contributed by atoms with Gasteiger partial charge >= 0.3 is 0 Å². The zero-order valence-corrected chi connectivity index (χ0v) is 17.0. The van der Waals surface area contributed by atoms with Crippen LogP contribution in [0.15, 0.2) is 23.1 Å². The fourth-order valence-electron chi connectivity index (χ4n) is 3.55. The molecule has 1 amide bonds. The first kappa shape index (κ1) is 19.9. The Labute approximate surface area is 164 Å². The van der Waals surface area contributed by atoms with E-state index in [4.69, 9.17) is 23.2 Å². The fraction of sp³-hybridized carbons (Fsp3) is 0.588. The fourth-order valence-corrected chi connectivity index (χ4v) is 6.06. The van der Waals surface area contributed by atoms with Gasteiger partial charge in [-0.1, -0.05) is 29.3 Å². The Hall–Kier alpha value is -0.860. The number of benzene rings is 1. The molecule has 2 heterocycles. The van der Waals surface area contributed by atoms with E-state index in [0.717, 1.165) is 25.9 Å². The van der Waals surface area contributed by atoms with Gasteiger partial charge in [-0.05, 0) is 31.9 Å². The summed E-state index contributed by atoms with van der Waals surface area (Å²) in [6.07, 6.45) is 2.12. The molecule has 2 saturated heterocycles. The molecule has 0 unspecified atom stereocenters. The van der Waals surface area contributed by atoms with Crippen LogP contribution in [0.4, 0.5) is 0 Å². The van der Waals surface area contributed by atoms with Gasteiger partial charge in [0.25, 0.3) is 0 Å². The predicted octanol–water partition coefficient (Wildman–Crippen LogP) is 2.31. The van der Waals surface area contributed by atoms with Gasteiger partial charge in [0.2, 0.25) is 15.9 Å². The van der Waals surface area contributed by atoms with Gasteiger partial charge < -0.3 is 4.90 Å². The Bertz CT molecular complexity index is 753. The quantitative estimate of drug-likeness (QED) is 0.750. The van der Waals surface area contributed by atoms with Crippen molar-refractivity contribution in [1.29, 1.82) is 0 Å². The highest BCUT2D eigenvalue weighted by molar-refractivity contribution is 7.89. The van der Waals surface area contributed by atoms with Crippen LogP contribution in [0, 0.1) is 0 Å². The van der Waals surface area contributed by atoms with Crippen molar-refractivity contribution in [2.45, 2.75) is 30.7 Å². The van der Waals surface area contributed by atoms with Crippen molar-refractivity contribution < 1.29 is 13.2 Å². The first-order valence-corrected chi connectivity index (χ1v) is 11.0. The highest BCUT2D eigenvalue weighted by Gasteiger charge is 2.35. The second kappa shape index (κ2) is 8.02. The van der Waals surface area contributed by atoms with Crippen LogP contribution in [0.2, 0.25) is 10.0 Å². The number of nitrogens with zero attached hydrogens (tertiary/aromatic N) is 3. The smallest absolute Gasteiger partial charge is 0.246 e. The molecule has 2 aliphatic heterocycles. The number of carbonyl (C=O) groups is 1. The van der Waals surface area contributed by atoms with E-state index < -0.39 is 10.0 Å². The third-order valence-electron chi connectivity index (χ3n) is 5.11. The molecule has 26 heavy (non-hydrogen) atoms. The molecule has 0 aliphatic carbocycles. The summed E-state index contributed by atoms with van der Waals surface area (Å²) in [6.45, 7) is 5.16. The first-order chi connectivity index (χ1) is 12.3. The van der Waals surface area contributed by atoms with Crippen molar-refractivity contribution in [2.75, 3.05) is 39.3 Å². The molecule has 9 heteroatoms. The van der Waals surface area contributed by atoms with E-state index in [1.54, 1.807) is 6.07 Å². The summed E-state index contributed by atoms with van der Waals surface area (Å²) < 4.78 is 27.2. The molecular formula is C17H23Cl2N3O3S. The average Bonchev–Trinajstić information content (AvgIpc) is 3.15. The lowest BCUT2D eigenvalue weighted by Crippen LogP contribution is -2.55. The molecule has 1 aromatic carbocycles. The summed E-state index contributed by atoms with van der Waals surface area (Å²) in [5.74, 6) is 0.132. The van der Waals surface area contributed by atoms with Gasteiger partial charge in [-0.25, -0.2) is 8.42 Å². The number of carbonyl (C=O) groups excluding carboxylic acids is 1. The zero-order chi connectivity index (χ0) is 18.9. The third kappa shape index (κ3) is 3.87. The van der Waals surface area contributed by atoms with E-state index in [1.165, 1.54) is 16.4 Å². The van der Waals surface area contributed by atoms with Crippen LogP contribution in [0.5, 0.6) is 0 Å². The normalized spacial score (nSPS) is 21.1. The number of sulfonamides is 1. The van der Waals surface area contributed by atoms with Gasteiger partial charge in [0, 0.05) is 39.3 Å². The molecule has 1 aromatic rings. The molecule has 2 fully saturated rings. The molecule has 2 aliphatic rings. The summed E-state index contributed by atoms with van der Waals surface area (Å²) in [6, 6.07) is 4.43. The maximum atomic E-state index is 12.9. The standard InChI is InChI=1S/C17H23Cl2N3O3S/c1-13(17(23)21-7-2-3-8-21)20-9-11-22(12-10-20)26(24,25)16-14(18)5-4-6-15(16)19/h4-6,13H,2-3,7-12H2,1H3/t13-/m0/s1. The van der Waals surface area contributed by atoms with Crippen LogP contribution in [-0.2, 0) is 14.8 Å². The van der Waals surface area contributed by atoms with Crippen LogP contribution in [0.3, 0.4) is 0 Å². The minimum absolute atomic E-state index is 0.0435. The molecule has 0 saturated carbocycles. The Kier molecular flexibility index (Phi) is 6.14. The van der Waals surface area contributed by atoms with Crippen molar-refractivity contribution in [3.63, 3.8) is 0 Å². The van der Waals surface area contributed by atoms with E-state index in [9.17, 15) is 13.2 Å². The van der Waals surface area contributed by atoms with Crippen LogP contribution >= 0.6 is 23.2 Å². The van der Waals surface area contributed by atoms with Crippen LogP contribution in [-0.4, -0.2) is 73.7 Å². The van der Waals surface area contributed by atoms with Crippen molar-refractivity contribution in [2.24, 2.45) is 0 Å². The van der Waals surface area contributed by atoms with Gasteiger partial charge in [0.05, 0.1) is 16.1 Å². The van der Waals surface area contributed by atoms with Gasteiger partial charge in [-0.3, -0.25) is 9.69 Å². The Balaban J connectivity index is 1.67. The lowest BCUT2D eigenvalue weighted by atomic mass is 10.2. The Morgan fingerprint density at radius 1 is 1.00 bits per heavy atom. The number of piperazine rings is 1. The van der Waals surface area contributed by atoms with Gasteiger partial charge in [-0.2, -0.15) is 4.31 Å². The maximum absolute atomic E-state index is 12.9. The Morgan fingerprint density at radius 3 is 2.08 bits per heavy atom. The first-order valence-electron chi connectivity index (χ1n) is 8.79. The molecule has 0 aromatic heterocycles. The molecule has 0 radical (unpaired) electrons. The molecule has 1 atom stereocenters. The molecule has 3 rings (SSSR count). The predicted molar refractivity (Wildman–Crippen MR) is 102 cm³/mol. The van der Waals surface area contributed by atoms with Crippen molar-refractivity contribution >= 4 is 39.1 Å². The van der Waals surface area contributed by atoms with Gasteiger partial charge in [0.15, 0.2) is 0 Å². The van der Waals surface area contributed by atoms with Crippen molar-refractivity contribution in [3.05, 3.63) is 28.2 Å². The van der Waals surface area contributed by atoms with Crippen molar-refractivity contribution in [3.8, 4) is 0 Å². The summed E-state index contributed by atoms with van der Waals surface area (Å²) in [7, 11) is -3.76. The molecule has 144 valence electrons. The van der Waals surface area contributed by atoms with E-state index in [0.29, 0.717) is 26.2 Å². The van der Waals surface area contributed by atoms with Crippen molar-refractivity contribution in [1.82, 2.24) is 14.1 Å². The monoisotopic (exact) mass is 419 g/mol. The van der Waals surface area contributed by atoms with Gasteiger partial charge in [0.1, 0.15) is 4.90 Å². The number of hydrogen-bond donors (Lipinski definition) is 0. The van der Waals surface area contributed by atoms with E-state index in [1.807, 2.05) is 16.7 Å². The second-order valence-electron chi connectivity index (χ2n) is 6.70. The summed E-state index contributed by atoms with van der Waals surface area (Å²) in [5, 5.41) is 0.245. The number of hydrogen-bond acceptors (Lipinski definition) is 4. The molecule has 0 bridgehead atoms. The second-order valence-corrected chi connectivity index (χ2v) is 9.39. The van der Waals surface area contributed by atoms with Crippen LogP contribution < -0.4 is 0 Å². The molecule has 0 spiro atoms. The highest BCUT2D eigenvalue weighted by atomic mass is 35.5. The SMILES string of the molecule is C[C@@H](C(=O)N1CCCC1)N1CCN(S(=O)(=O)c2c(Cl)cccc2Cl)CC1. The topological polar surface area (TPSA) is 60.9 Å². The zero-order valence-electron chi connectivity index (χ0n) is 14.7. The van der Waals surface area contributed by atoms with Crippen LogP contribution in [0.1, 0.15) is 19.8 Å². The Morgan fingerprint density at radius 2 is 1.54 bits per heavy atom. The average molecular weight is 420 g/mol. The summed E-state index contributed by atoms with van der Waals surface area (Å²) >= 11 is 12.2. The molecular weight excluding hydrogens is 397 g/mol. The lowest BCUT2D eigenvalue weighted by molar-refractivity contribution is -0.135. The minimum atomic E-state index is -3.76. The van der Waals surface area contributed by atoms with E-state index >= 15 is 0 Å². The van der Waals surface area contributed by atoms with Gasteiger partial charge in [-0.15, -0.1) is 0 Å². The maximum Gasteiger partial charge on any atom is 0.246 e. The highest BCUT2D eigenvalue weighted by Crippen LogP contribution is 2.32. The third-order valence-corrected chi connectivity index (χ3v) is 7.97. The number of rotatable bonds is 4. The largest absolute Gasteiger partial charge is 0.341 e. The summed E-state index contributed by atoms with van der Waals surface area (Å²) in [5.41, 5.74) is 0. The molecule has 6 nitrogen and oxygen atoms in total.